The topological polar surface area (TPSA) is 23.6 Å². The first kappa shape index (κ1) is 17.6. The van der Waals surface area contributed by atoms with E-state index in [0.717, 1.165) is 12.5 Å². The van der Waals surface area contributed by atoms with Crippen LogP contribution in [0.15, 0.2) is 24.3 Å². The van der Waals surface area contributed by atoms with Gasteiger partial charge in [-0.3, -0.25) is 4.79 Å². The molecule has 1 aromatic rings. The van der Waals surface area contributed by atoms with E-state index < -0.39 is 11.7 Å². The van der Waals surface area contributed by atoms with Crippen molar-refractivity contribution < 1.29 is 18.0 Å². The molecule has 0 aromatic heterocycles. The number of alkyl halides is 3. The Bertz CT molecular complexity index is 535. The van der Waals surface area contributed by atoms with E-state index in [-0.39, 0.29) is 5.91 Å². The molecule has 0 N–H and O–H groups in total. The Balaban J connectivity index is 1.93. The molecule has 0 aliphatic carbocycles. The summed E-state index contributed by atoms with van der Waals surface area (Å²) < 4.78 is 38.3. The smallest absolute Gasteiger partial charge is 0.368 e. The van der Waals surface area contributed by atoms with Crippen molar-refractivity contribution >= 4 is 11.6 Å². The van der Waals surface area contributed by atoms with E-state index in [4.69, 9.17) is 0 Å². The zero-order chi connectivity index (χ0) is 17.0. The van der Waals surface area contributed by atoms with Crippen molar-refractivity contribution in [2.75, 3.05) is 31.1 Å². The molecule has 1 heterocycles. The second-order valence-electron chi connectivity index (χ2n) is 6.35. The number of carbonyl (C=O) groups is 1. The summed E-state index contributed by atoms with van der Waals surface area (Å²) in [6.07, 6.45) is -2.92. The zero-order valence-electron chi connectivity index (χ0n) is 13.6. The maximum Gasteiger partial charge on any atom is 0.416 e. The third-order valence-corrected chi connectivity index (χ3v) is 4.11. The van der Waals surface area contributed by atoms with Gasteiger partial charge < -0.3 is 9.80 Å². The van der Waals surface area contributed by atoms with E-state index in [9.17, 15) is 18.0 Å². The van der Waals surface area contributed by atoms with Crippen LogP contribution in [0.1, 0.15) is 32.3 Å². The van der Waals surface area contributed by atoms with Crippen LogP contribution in [0, 0.1) is 5.92 Å². The van der Waals surface area contributed by atoms with Gasteiger partial charge in [-0.25, -0.2) is 0 Å². The fourth-order valence-corrected chi connectivity index (χ4v) is 2.66. The molecule has 1 aliphatic heterocycles. The average Bonchev–Trinajstić information content (AvgIpc) is 2.52. The molecule has 1 fully saturated rings. The summed E-state index contributed by atoms with van der Waals surface area (Å²) >= 11 is 0. The Labute approximate surface area is 135 Å². The minimum absolute atomic E-state index is 0.141. The van der Waals surface area contributed by atoms with Crippen molar-refractivity contribution in [3.05, 3.63) is 29.8 Å². The highest BCUT2D eigenvalue weighted by atomic mass is 19.4. The van der Waals surface area contributed by atoms with Crippen molar-refractivity contribution in [1.29, 1.82) is 0 Å². The van der Waals surface area contributed by atoms with Crippen LogP contribution in [0.2, 0.25) is 0 Å². The van der Waals surface area contributed by atoms with Gasteiger partial charge >= 0.3 is 6.18 Å². The number of rotatable bonds is 4. The highest BCUT2D eigenvalue weighted by Crippen LogP contribution is 2.31. The summed E-state index contributed by atoms with van der Waals surface area (Å²) in [6.45, 7) is 6.42. The summed E-state index contributed by atoms with van der Waals surface area (Å²) in [5.41, 5.74) is -0.0699. The van der Waals surface area contributed by atoms with Crippen LogP contribution in [0.4, 0.5) is 18.9 Å². The highest BCUT2D eigenvalue weighted by Gasteiger charge is 2.31. The average molecular weight is 328 g/mol. The first-order valence-electron chi connectivity index (χ1n) is 7.97. The number of benzene rings is 1. The lowest BCUT2D eigenvalue weighted by Crippen LogP contribution is -2.48. The molecule has 1 saturated heterocycles. The maximum absolute atomic E-state index is 12.8. The molecule has 0 saturated carbocycles. The number of piperazine rings is 1. The Morgan fingerprint density at radius 3 is 2.39 bits per heavy atom. The molecule has 2 rings (SSSR count). The Morgan fingerprint density at radius 2 is 1.83 bits per heavy atom. The molecule has 1 aliphatic rings. The van der Waals surface area contributed by atoms with Gasteiger partial charge in [0.25, 0.3) is 0 Å². The van der Waals surface area contributed by atoms with Gasteiger partial charge in [0.15, 0.2) is 0 Å². The van der Waals surface area contributed by atoms with E-state index in [1.54, 1.807) is 6.07 Å². The molecule has 0 spiro atoms. The molecule has 1 aromatic carbocycles. The number of carbonyl (C=O) groups excluding carboxylic acids is 1. The number of halogens is 3. The van der Waals surface area contributed by atoms with Gasteiger partial charge in [-0.1, -0.05) is 19.9 Å². The molecule has 0 radical (unpaired) electrons. The largest absolute Gasteiger partial charge is 0.416 e. The quantitative estimate of drug-likeness (QED) is 0.839. The normalized spacial score (nSPS) is 16.1. The SMILES string of the molecule is CC(C)CCC(=O)N1CCN(c2cccc(C(F)(F)F)c2)CC1. The minimum atomic E-state index is -4.33. The van der Waals surface area contributed by atoms with E-state index in [0.29, 0.717) is 44.2 Å². The summed E-state index contributed by atoms with van der Waals surface area (Å²) in [5, 5.41) is 0. The first-order chi connectivity index (χ1) is 10.8. The predicted molar refractivity (Wildman–Crippen MR) is 84.3 cm³/mol. The van der Waals surface area contributed by atoms with Crippen LogP contribution in [0.3, 0.4) is 0 Å². The number of anilines is 1. The van der Waals surface area contributed by atoms with E-state index >= 15 is 0 Å². The molecule has 128 valence electrons. The van der Waals surface area contributed by atoms with Crippen LogP contribution in [-0.4, -0.2) is 37.0 Å². The van der Waals surface area contributed by atoms with Gasteiger partial charge in [0.2, 0.25) is 5.91 Å². The molecule has 23 heavy (non-hydrogen) atoms. The number of amides is 1. The van der Waals surface area contributed by atoms with Gasteiger partial charge in [-0.15, -0.1) is 0 Å². The number of nitrogens with zero attached hydrogens (tertiary/aromatic N) is 2. The molecular formula is C17H23F3N2O. The lowest BCUT2D eigenvalue weighted by Gasteiger charge is -2.36. The number of hydrogen-bond donors (Lipinski definition) is 0. The van der Waals surface area contributed by atoms with E-state index in [1.807, 2.05) is 9.80 Å². The highest BCUT2D eigenvalue weighted by molar-refractivity contribution is 5.76. The molecule has 3 nitrogen and oxygen atoms in total. The fourth-order valence-electron chi connectivity index (χ4n) is 2.66. The van der Waals surface area contributed by atoms with Crippen molar-refractivity contribution in [1.82, 2.24) is 4.90 Å². The van der Waals surface area contributed by atoms with Crippen LogP contribution in [-0.2, 0) is 11.0 Å². The van der Waals surface area contributed by atoms with E-state index in [2.05, 4.69) is 13.8 Å². The van der Waals surface area contributed by atoms with E-state index in [1.165, 1.54) is 12.1 Å². The Morgan fingerprint density at radius 1 is 1.17 bits per heavy atom. The third-order valence-electron chi connectivity index (χ3n) is 4.11. The zero-order valence-corrected chi connectivity index (χ0v) is 13.6. The molecule has 0 unspecified atom stereocenters. The second-order valence-corrected chi connectivity index (χ2v) is 6.35. The van der Waals surface area contributed by atoms with Crippen LogP contribution in [0.5, 0.6) is 0 Å². The first-order valence-corrected chi connectivity index (χ1v) is 7.97. The maximum atomic E-state index is 12.8. The minimum Gasteiger partial charge on any atom is -0.368 e. The van der Waals surface area contributed by atoms with Crippen molar-refractivity contribution in [2.24, 2.45) is 5.92 Å². The van der Waals surface area contributed by atoms with Crippen LogP contribution in [0.25, 0.3) is 0 Å². The summed E-state index contributed by atoms with van der Waals surface area (Å²) in [4.78, 5) is 15.8. The summed E-state index contributed by atoms with van der Waals surface area (Å²) in [5.74, 6) is 0.632. The van der Waals surface area contributed by atoms with Crippen LogP contribution >= 0.6 is 0 Å². The van der Waals surface area contributed by atoms with Gasteiger partial charge in [0.05, 0.1) is 5.56 Å². The van der Waals surface area contributed by atoms with Gasteiger partial charge in [-0.05, 0) is 30.5 Å². The lowest BCUT2D eigenvalue weighted by atomic mass is 10.1. The lowest BCUT2D eigenvalue weighted by molar-refractivity contribution is -0.137. The van der Waals surface area contributed by atoms with Crippen LogP contribution < -0.4 is 4.90 Å². The van der Waals surface area contributed by atoms with Gasteiger partial charge in [-0.2, -0.15) is 13.2 Å². The second kappa shape index (κ2) is 7.23. The third kappa shape index (κ3) is 4.88. The predicted octanol–water partition coefficient (Wildman–Crippen LogP) is 3.79. The summed E-state index contributed by atoms with van der Waals surface area (Å²) in [6, 6.07) is 5.37. The standard InChI is InChI=1S/C17H23F3N2O/c1-13(2)6-7-16(23)22-10-8-21(9-11-22)15-5-3-4-14(12-15)17(18,19)20/h3-5,12-13H,6-11H2,1-2H3. The fraction of sp³-hybridized carbons (Fsp3) is 0.588. The van der Waals surface area contributed by atoms with Gasteiger partial charge in [0, 0.05) is 38.3 Å². The van der Waals surface area contributed by atoms with Gasteiger partial charge in [0.1, 0.15) is 0 Å². The summed E-state index contributed by atoms with van der Waals surface area (Å²) in [7, 11) is 0. The molecule has 0 atom stereocenters. The molecular weight excluding hydrogens is 305 g/mol. The van der Waals surface area contributed by atoms with Crippen molar-refractivity contribution in [3.8, 4) is 0 Å². The number of hydrogen-bond acceptors (Lipinski definition) is 2. The molecule has 1 amide bonds. The molecule has 0 bridgehead atoms. The van der Waals surface area contributed by atoms with Crippen molar-refractivity contribution in [2.45, 2.75) is 32.9 Å². The van der Waals surface area contributed by atoms with Crippen molar-refractivity contribution in [3.63, 3.8) is 0 Å². The monoisotopic (exact) mass is 328 g/mol. The Kier molecular flexibility index (Phi) is 5.55. The Hall–Kier alpha value is -1.72. The molecule has 6 heteroatoms.